The molecule has 5 aromatic rings. The summed E-state index contributed by atoms with van der Waals surface area (Å²) in [7, 11) is 0. The molecular weight excluding hydrogens is 390 g/mol. The van der Waals surface area contributed by atoms with E-state index in [-0.39, 0.29) is 0 Å². The van der Waals surface area contributed by atoms with Crippen LogP contribution in [0.3, 0.4) is 0 Å². The van der Waals surface area contributed by atoms with E-state index in [0.29, 0.717) is 11.8 Å². The van der Waals surface area contributed by atoms with Gasteiger partial charge in [0.1, 0.15) is 18.0 Å². The van der Waals surface area contributed by atoms with Crippen LogP contribution in [0.1, 0.15) is 5.82 Å². The lowest BCUT2D eigenvalue weighted by Gasteiger charge is -2.11. The van der Waals surface area contributed by atoms with Crippen molar-refractivity contribution in [2.24, 2.45) is 0 Å². The van der Waals surface area contributed by atoms with Crippen LogP contribution >= 0.6 is 0 Å². The zero-order valence-electron chi connectivity index (χ0n) is 16.7. The van der Waals surface area contributed by atoms with Gasteiger partial charge in [-0.15, -0.1) is 0 Å². The Hall–Kier alpha value is -4.53. The largest absolute Gasteiger partial charge is 0.340 e. The average molecular weight is 409 g/mol. The zero-order chi connectivity index (χ0) is 21.0. The predicted molar refractivity (Wildman–Crippen MR) is 119 cm³/mol. The van der Waals surface area contributed by atoms with Crippen LogP contribution in [0.2, 0.25) is 0 Å². The molecule has 31 heavy (non-hydrogen) atoms. The van der Waals surface area contributed by atoms with Crippen molar-refractivity contribution < 1.29 is 0 Å². The molecule has 0 saturated carbocycles. The lowest BCUT2D eigenvalue weighted by Crippen LogP contribution is -2.01. The Morgan fingerprint density at radius 2 is 1.74 bits per heavy atom. The number of rotatable bonds is 6. The molecule has 0 fully saturated rings. The van der Waals surface area contributed by atoms with Gasteiger partial charge in [-0.3, -0.25) is 5.10 Å². The first-order valence-electron chi connectivity index (χ1n) is 9.69. The van der Waals surface area contributed by atoms with Gasteiger partial charge in [-0.05, 0) is 49.4 Å². The molecule has 0 aliphatic carbocycles. The fourth-order valence-corrected chi connectivity index (χ4v) is 3.16. The second-order valence-corrected chi connectivity index (χ2v) is 6.81. The Balaban J connectivity index is 1.33. The number of aromatic amines is 1. The SMILES string of the molecule is Cc1ncn(-c2ccc(Nc3nccc(Nc4ccccc4-c4ccn[nH]4)n3)cc2)n1. The summed E-state index contributed by atoms with van der Waals surface area (Å²) in [4.78, 5) is 13.1. The van der Waals surface area contributed by atoms with Crippen molar-refractivity contribution in [3.63, 3.8) is 0 Å². The molecule has 0 radical (unpaired) electrons. The number of H-pyrrole nitrogens is 1. The van der Waals surface area contributed by atoms with E-state index < -0.39 is 0 Å². The van der Waals surface area contributed by atoms with E-state index in [9.17, 15) is 0 Å². The minimum atomic E-state index is 0.494. The minimum Gasteiger partial charge on any atom is -0.340 e. The van der Waals surface area contributed by atoms with Gasteiger partial charge in [0.05, 0.1) is 11.4 Å². The summed E-state index contributed by atoms with van der Waals surface area (Å²) in [5, 5.41) is 17.9. The molecule has 0 aliphatic heterocycles. The van der Waals surface area contributed by atoms with Gasteiger partial charge in [0, 0.05) is 29.3 Å². The van der Waals surface area contributed by atoms with Gasteiger partial charge in [0.25, 0.3) is 0 Å². The Bertz CT molecular complexity index is 1290. The summed E-state index contributed by atoms with van der Waals surface area (Å²) in [5.74, 6) is 1.90. The fraction of sp³-hybridized carbons (Fsp3) is 0.0455. The molecular formula is C22H19N9. The molecule has 2 aromatic carbocycles. The predicted octanol–water partition coefficient (Wildman–Crippen LogP) is 4.24. The first-order chi connectivity index (χ1) is 15.2. The summed E-state index contributed by atoms with van der Waals surface area (Å²) >= 11 is 0. The molecule has 0 bridgehead atoms. The Morgan fingerprint density at radius 3 is 2.52 bits per heavy atom. The highest BCUT2D eigenvalue weighted by Crippen LogP contribution is 2.28. The highest BCUT2D eigenvalue weighted by molar-refractivity contribution is 5.78. The number of hydrogen-bond acceptors (Lipinski definition) is 7. The van der Waals surface area contributed by atoms with E-state index in [2.05, 4.69) is 40.9 Å². The van der Waals surface area contributed by atoms with Crippen LogP contribution in [0.15, 0.2) is 79.4 Å². The van der Waals surface area contributed by atoms with Gasteiger partial charge in [-0.25, -0.2) is 14.6 Å². The van der Waals surface area contributed by atoms with Crippen LogP contribution in [0.4, 0.5) is 23.1 Å². The molecule has 0 unspecified atom stereocenters. The number of nitrogens with one attached hydrogen (secondary N) is 3. The van der Waals surface area contributed by atoms with Crippen molar-refractivity contribution in [1.29, 1.82) is 0 Å². The third-order valence-electron chi connectivity index (χ3n) is 4.63. The van der Waals surface area contributed by atoms with Crippen molar-refractivity contribution in [2.75, 3.05) is 10.6 Å². The molecule has 0 atom stereocenters. The molecule has 0 amide bonds. The summed E-state index contributed by atoms with van der Waals surface area (Å²) in [6, 6.07) is 19.5. The van der Waals surface area contributed by atoms with Crippen LogP contribution in [0.25, 0.3) is 16.9 Å². The van der Waals surface area contributed by atoms with Gasteiger partial charge in [0.15, 0.2) is 0 Å². The standard InChI is InChI=1S/C22H19N9/c1-15-24-14-31(30-15)17-8-6-16(7-9-17)26-22-23-12-11-21(28-22)27-19-5-3-2-4-18(19)20-10-13-25-29-20/h2-14H,1H3,(H,25,29)(H2,23,26,27,28). The number of aromatic nitrogens is 7. The summed E-state index contributed by atoms with van der Waals surface area (Å²) in [6.07, 6.45) is 5.13. The summed E-state index contributed by atoms with van der Waals surface area (Å²) in [6.45, 7) is 1.86. The zero-order valence-corrected chi connectivity index (χ0v) is 16.7. The lowest BCUT2D eigenvalue weighted by molar-refractivity contribution is 0.863. The monoisotopic (exact) mass is 409 g/mol. The third kappa shape index (κ3) is 4.10. The topological polar surface area (TPSA) is 109 Å². The smallest absolute Gasteiger partial charge is 0.229 e. The second kappa shape index (κ2) is 8.07. The van der Waals surface area contributed by atoms with E-state index in [1.165, 1.54) is 0 Å². The molecule has 0 saturated heterocycles. The number of benzene rings is 2. The van der Waals surface area contributed by atoms with Gasteiger partial charge >= 0.3 is 0 Å². The Morgan fingerprint density at radius 1 is 0.871 bits per heavy atom. The van der Waals surface area contributed by atoms with E-state index in [1.807, 2.05) is 67.6 Å². The normalized spacial score (nSPS) is 10.7. The second-order valence-electron chi connectivity index (χ2n) is 6.81. The lowest BCUT2D eigenvalue weighted by atomic mass is 10.1. The van der Waals surface area contributed by atoms with Crippen LogP contribution in [-0.4, -0.2) is 34.9 Å². The molecule has 9 heteroatoms. The minimum absolute atomic E-state index is 0.494. The number of aryl methyl sites for hydroxylation is 1. The first kappa shape index (κ1) is 18.5. The fourth-order valence-electron chi connectivity index (χ4n) is 3.16. The number of para-hydroxylation sites is 1. The number of anilines is 4. The maximum atomic E-state index is 4.58. The third-order valence-corrected chi connectivity index (χ3v) is 4.63. The molecule has 0 spiro atoms. The van der Waals surface area contributed by atoms with Gasteiger partial charge < -0.3 is 10.6 Å². The first-order valence-corrected chi connectivity index (χ1v) is 9.69. The summed E-state index contributed by atoms with van der Waals surface area (Å²) in [5.41, 5.74) is 4.66. The van der Waals surface area contributed by atoms with E-state index in [0.717, 1.165) is 34.1 Å². The number of nitrogens with zero attached hydrogens (tertiary/aromatic N) is 6. The van der Waals surface area contributed by atoms with Crippen LogP contribution in [0, 0.1) is 6.92 Å². The van der Waals surface area contributed by atoms with Crippen molar-refractivity contribution in [2.45, 2.75) is 6.92 Å². The molecule has 9 nitrogen and oxygen atoms in total. The molecule has 5 rings (SSSR count). The van der Waals surface area contributed by atoms with E-state index in [4.69, 9.17) is 0 Å². The maximum Gasteiger partial charge on any atom is 0.229 e. The Labute approximate surface area is 178 Å². The Kier molecular flexibility index (Phi) is 4.82. The van der Waals surface area contributed by atoms with E-state index in [1.54, 1.807) is 23.4 Å². The van der Waals surface area contributed by atoms with Gasteiger partial charge in [-0.1, -0.05) is 18.2 Å². The van der Waals surface area contributed by atoms with Crippen molar-refractivity contribution >= 4 is 23.1 Å². The highest BCUT2D eigenvalue weighted by Gasteiger charge is 2.08. The average Bonchev–Trinajstić information content (AvgIpc) is 3.47. The molecule has 3 N–H and O–H groups in total. The molecule has 3 heterocycles. The maximum absolute atomic E-state index is 4.58. The molecule has 0 aliphatic rings. The van der Waals surface area contributed by atoms with Crippen LogP contribution in [-0.2, 0) is 0 Å². The summed E-state index contributed by atoms with van der Waals surface area (Å²) < 4.78 is 1.73. The van der Waals surface area contributed by atoms with Crippen LogP contribution in [0.5, 0.6) is 0 Å². The quantitative estimate of drug-likeness (QED) is 0.385. The highest BCUT2D eigenvalue weighted by atomic mass is 15.3. The van der Waals surface area contributed by atoms with Crippen molar-refractivity contribution in [1.82, 2.24) is 34.9 Å². The van der Waals surface area contributed by atoms with Gasteiger partial charge in [0.2, 0.25) is 5.95 Å². The van der Waals surface area contributed by atoms with Crippen LogP contribution < -0.4 is 10.6 Å². The molecule has 152 valence electrons. The van der Waals surface area contributed by atoms with Crippen molar-refractivity contribution in [3.05, 3.63) is 85.2 Å². The van der Waals surface area contributed by atoms with E-state index >= 15 is 0 Å². The van der Waals surface area contributed by atoms with Gasteiger partial charge in [-0.2, -0.15) is 15.2 Å². The number of hydrogen-bond donors (Lipinski definition) is 3. The molecule has 3 aromatic heterocycles. The van der Waals surface area contributed by atoms with Crippen molar-refractivity contribution in [3.8, 4) is 16.9 Å².